The molecule has 0 aliphatic carbocycles. The van der Waals surface area contributed by atoms with E-state index in [4.69, 9.17) is 10.5 Å². The molecule has 0 heterocycles. The van der Waals surface area contributed by atoms with Gasteiger partial charge in [0.15, 0.2) is 0 Å². The lowest BCUT2D eigenvalue weighted by Crippen LogP contribution is -2.32. The molecule has 0 unspecified atom stereocenters. The predicted molar refractivity (Wildman–Crippen MR) is 71.9 cm³/mol. The Labute approximate surface area is 116 Å². The topological polar surface area (TPSA) is 64.3 Å². The van der Waals surface area contributed by atoms with Crippen LogP contribution in [-0.4, -0.2) is 18.2 Å². The van der Waals surface area contributed by atoms with Gasteiger partial charge in [0.1, 0.15) is 22.9 Å². The molecule has 0 aromatic heterocycles. The van der Waals surface area contributed by atoms with Crippen LogP contribution in [0.3, 0.4) is 0 Å². The van der Waals surface area contributed by atoms with Crippen molar-refractivity contribution in [1.29, 1.82) is 0 Å². The van der Waals surface area contributed by atoms with Crippen molar-refractivity contribution >= 4 is 11.8 Å². The molecule has 0 fully saturated rings. The number of benzene rings is 1. The van der Waals surface area contributed by atoms with Crippen molar-refractivity contribution in [3.63, 3.8) is 0 Å². The molecule has 0 bridgehead atoms. The summed E-state index contributed by atoms with van der Waals surface area (Å²) in [5, 5.41) is 2.40. The number of alkyl carbamates (subject to hydrolysis) is 1. The van der Waals surface area contributed by atoms with E-state index in [1.807, 2.05) is 0 Å². The van der Waals surface area contributed by atoms with E-state index in [9.17, 15) is 13.6 Å². The lowest BCUT2D eigenvalue weighted by Gasteiger charge is -2.18. The zero-order chi connectivity index (χ0) is 15.3. The van der Waals surface area contributed by atoms with Crippen LogP contribution in [0.1, 0.15) is 26.3 Å². The van der Waals surface area contributed by atoms with E-state index in [1.165, 1.54) is 0 Å². The molecule has 0 radical (unpaired) electrons. The first-order valence-corrected chi connectivity index (χ1v) is 5.89. The predicted octanol–water partition coefficient (Wildman–Crippen LogP) is 2.42. The van der Waals surface area contributed by atoms with Crippen molar-refractivity contribution < 1.29 is 18.3 Å². The van der Waals surface area contributed by atoms with Gasteiger partial charge in [0.25, 0.3) is 0 Å². The third-order valence-corrected chi connectivity index (χ3v) is 2.03. The second kappa shape index (κ2) is 6.24. The Hall–Kier alpha value is -2.29. The third kappa shape index (κ3) is 5.14. The van der Waals surface area contributed by atoms with E-state index in [-0.39, 0.29) is 12.1 Å². The highest BCUT2D eigenvalue weighted by atomic mass is 19.1. The minimum atomic E-state index is -0.866. The Balaban J connectivity index is 2.58. The van der Waals surface area contributed by atoms with Crippen molar-refractivity contribution in [3.8, 4) is 11.8 Å². The number of nitrogens with two attached hydrogens (primary N) is 1. The maximum atomic E-state index is 13.1. The van der Waals surface area contributed by atoms with E-state index in [0.717, 1.165) is 12.1 Å². The quantitative estimate of drug-likeness (QED) is 0.614. The van der Waals surface area contributed by atoms with Crippen LogP contribution in [0.15, 0.2) is 12.1 Å². The maximum Gasteiger partial charge on any atom is 0.408 e. The van der Waals surface area contributed by atoms with Gasteiger partial charge in [-0.15, -0.1) is 0 Å². The molecule has 1 rings (SSSR count). The highest BCUT2D eigenvalue weighted by molar-refractivity contribution is 5.68. The average Bonchev–Trinajstić information content (AvgIpc) is 2.29. The van der Waals surface area contributed by atoms with E-state index in [0.29, 0.717) is 0 Å². The Bertz CT molecular complexity index is 546. The summed E-state index contributed by atoms with van der Waals surface area (Å²) in [6, 6.07) is 2.05. The first kappa shape index (κ1) is 15.8. The molecule has 0 spiro atoms. The second-order valence-corrected chi connectivity index (χ2v) is 5.01. The van der Waals surface area contributed by atoms with Crippen LogP contribution in [0.25, 0.3) is 0 Å². The minimum absolute atomic E-state index is 0.00251. The normalized spacial score (nSPS) is 10.4. The summed E-state index contributed by atoms with van der Waals surface area (Å²) in [7, 11) is 0. The van der Waals surface area contributed by atoms with E-state index >= 15 is 0 Å². The highest BCUT2D eigenvalue weighted by Crippen LogP contribution is 2.16. The van der Waals surface area contributed by atoms with Gasteiger partial charge < -0.3 is 15.8 Å². The molecule has 20 heavy (non-hydrogen) atoms. The summed E-state index contributed by atoms with van der Waals surface area (Å²) >= 11 is 0. The summed E-state index contributed by atoms with van der Waals surface area (Å²) in [5.41, 5.74) is 4.14. The van der Waals surface area contributed by atoms with Gasteiger partial charge >= 0.3 is 6.09 Å². The van der Waals surface area contributed by atoms with Crippen molar-refractivity contribution in [2.24, 2.45) is 0 Å². The molecule has 3 N–H and O–H groups in total. The molecule has 0 saturated heterocycles. The summed E-state index contributed by atoms with van der Waals surface area (Å²) in [4.78, 5) is 11.3. The van der Waals surface area contributed by atoms with Gasteiger partial charge in [-0.1, -0.05) is 11.8 Å². The van der Waals surface area contributed by atoms with E-state index in [2.05, 4.69) is 17.2 Å². The number of rotatable bonds is 1. The summed E-state index contributed by atoms with van der Waals surface area (Å²) in [6.45, 7) is 5.21. The Morgan fingerprint density at radius 1 is 1.35 bits per heavy atom. The summed E-state index contributed by atoms with van der Waals surface area (Å²) in [6.07, 6.45) is -0.610. The van der Waals surface area contributed by atoms with Gasteiger partial charge in [0, 0.05) is 5.56 Å². The lowest BCUT2D eigenvalue weighted by molar-refractivity contribution is 0.0535. The molecule has 6 heteroatoms. The standard InChI is InChI=1S/C14H16F2N2O2/c1-14(2,3)20-13(19)18-6-4-5-9-7-10(15)12(17)11(16)8-9/h7-8H,6,17H2,1-3H3,(H,18,19). The van der Waals surface area contributed by atoms with Crippen molar-refractivity contribution in [2.75, 3.05) is 12.3 Å². The SMILES string of the molecule is CC(C)(C)OC(=O)NCC#Cc1cc(F)c(N)c(F)c1. The van der Waals surface area contributed by atoms with Crippen LogP contribution in [0, 0.1) is 23.5 Å². The number of hydrogen-bond acceptors (Lipinski definition) is 3. The van der Waals surface area contributed by atoms with Gasteiger partial charge in [0.2, 0.25) is 0 Å². The maximum absolute atomic E-state index is 13.1. The van der Waals surface area contributed by atoms with Crippen LogP contribution in [0.2, 0.25) is 0 Å². The number of hydrogen-bond donors (Lipinski definition) is 2. The minimum Gasteiger partial charge on any atom is -0.444 e. The van der Waals surface area contributed by atoms with Crippen LogP contribution < -0.4 is 11.1 Å². The summed E-state index contributed by atoms with van der Waals surface area (Å²) < 4.78 is 31.3. The van der Waals surface area contributed by atoms with Gasteiger partial charge in [-0.3, -0.25) is 0 Å². The second-order valence-electron chi connectivity index (χ2n) is 5.01. The van der Waals surface area contributed by atoms with Crippen LogP contribution in [0.5, 0.6) is 0 Å². The first-order chi connectivity index (χ1) is 9.19. The lowest BCUT2D eigenvalue weighted by atomic mass is 10.2. The number of nitrogens with one attached hydrogen (secondary N) is 1. The number of carbonyl (C=O) groups is 1. The van der Waals surface area contributed by atoms with E-state index in [1.54, 1.807) is 20.8 Å². The largest absolute Gasteiger partial charge is 0.444 e. The number of halogens is 2. The highest BCUT2D eigenvalue weighted by Gasteiger charge is 2.15. The fourth-order valence-electron chi connectivity index (χ4n) is 1.23. The zero-order valence-electron chi connectivity index (χ0n) is 11.5. The van der Waals surface area contributed by atoms with Crippen LogP contribution in [0.4, 0.5) is 19.3 Å². The molecule has 0 aliphatic rings. The fourth-order valence-corrected chi connectivity index (χ4v) is 1.23. The fraction of sp³-hybridized carbons (Fsp3) is 0.357. The average molecular weight is 282 g/mol. The Morgan fingerprint density at radius 2 is 1.90 bits per heavy atom. The molecule has 0 aliphatic heterocycles. The number of nitrogen functional groups attached to an aromatic ring is 1. The van der Waals surface area contributed by atoms with Crippen molar-refractivity contribution in [2.45, 2.75) is 26.4 Å². The van der Waals surface area contributed by atoms with Crippen LogP contribution in [-0.2, 0) is 4.74 Å². The van der Waals surface area contributed by atoms with Gasteiger partial charge in [-0.2, -0.15) is 0 Å². The number of ether oxygens (including phenoxy) is 1. The molecule has 4 nitrogen and oxygen atoms in total. The number of anilines is 1. The smallest absolute Gasteiger partial charge is 0.408 e. The molecule has 1 amide bonds. The molecule has 1 aromatic rings. The van der Waals surface area contributed by atoms with Gasteiger partial charge in [-0.25, -0.2) is 13.6 Å². The van der Waals surface area contributed by atoms with Gasteiger partial charge in [-0.05, 0) is 32.9 Å². The number of carbonyl (C=O) groups excluding carboxylic acids is 1. The first-order valence-electron chi connectivity index (χ1n) is 5.89. The zero-order valence-corrected chi connectivity index (χ0v) is 11.5. The number of amides is 1. The van der Waals surface area contributed by atoms with Gasteiger partial charge in [0.05, 0.1) is 6.54 Å². The molecule has 0 saturated carbocycles. The molecular formula is C14H16F2N2O2. The Morgan fingerprint density at radius 3 is 2.40 bits per heavy atom. The monoisotopic (exact) mass is 282 g/mol. The summed E-state index contributed by atoms with van der Waals surface area (Å²) in [5.74, 6) is 3.34. The van der Waals surface area contributed by atoms with Crippen molar-refractivity contribution in [1.82, 2.24) is 5.32 Å². The van der Waals surface area contributed by atoms with Crippen LogP contribution >= 0.6 is 0 Å². The van der Waals surface area contributed by atoms with Crippen molar-refractivity contribution in [3.05, 3.63) is 29.3 Å². The molecule has 1 aromatic carbocycles. The third-order valence-electron chi connectivity index (χ3n) is 2.03. The Kier molecular flexibility index (Phi) is 4.92. The molecule has 108 valence electrons. The van der Waals surface area contributed by atoms with E-state index < -0.39 is 29.0 Å². The molecule has 0 atom stereocenters. The molecular weight excluding hydrogens is 266 g/mol.